The van der Waals surface area contributed by atoms with E-state index in [9.17, 15) is 14.4 Å². The highest BCUT2D eigenvalue weighted by Crippen LogP contribution is 2.29. The molecule has 3 amide bonds. The van der Waals surface area contributed by atoms with Gasteiger partial charge in [-0.25, -0.2) is 9.48 Å². The van der Waals surface area contributed by atoms with Gasteiger partial charge in [-0.05, 0) is 86.2 Å². The molecule has 226 valence electrons. The van der Waals surface area contributed by atoms with E-state index >= 15 is 0 Å². The van der Waals surface area contributed by atoms with Gasteiger partial charge < -0.3 is 20.9 Å². The first-order valence-electron chi connectivity index (χ1n) is 14.5. The van der Waals surface area contributed by atoms with Crippen LogP contribution in [0.4, 0.5) is 16.2 Å². The van der Waals surface area contributed by atoms with Gasteiger partial charge in [-0.1, -0.05) is 18.2 Å². The summed E-state index contributed by atoms with van der Waals surface area (Å²) in [5, 5.41) is 21.7. The highest BCUT2D eigenvalue weighted by Gasteiger charge is 2.24. The van der Waals surface area contributed by atoms with Crippen LogP contribution >= 0.6 is 0 Å². The van der Waals surface area contributed by atoms with Gasteiger partial charge in [-0.15, -0.1) is 0 Å². The van der Waals surface area contributed by atoms with Crippen LogP contribution in [0.15, 0.2) is 65.7 Å². The molecule has 0 spiro atoms. The molecule has 1 fully saturated rings. The van der Waals surface area contributed by atoms with Crippen molar-refractivity contribution in [3.63, 3.8) is 0 Å². The SMILES string of the molecule is CCn1nc(-c2cccc(-c3cc(C(=N)N(C)C)cc(C(=O)NC4CC4)c3)c2)cc(NC(=O)Nc2c(C)cncc2C)c1=O. The van der Waals surface area contributed by atoms with E-state index in [1.165, 1.54) is 4.68 Å². The number of pyridine rings is 1. The summed E-state index contributed by atoms with van der Waals surface area (Å²) in [6, 6.07) is 14.2. The lowest BCUT2D eigenvalue weighted by Crippen LogP contribution is -2.30. The van der Waals surface area contributed by atoms with Crippen molar-refractivity contribution >= 4 is 29.1 Å². The first-order chi connectivity index (χ1) is 21.0. The Morgan fingerprint density at radius 2 is 1.64 bits per heavy atom. The highest BCUT2D eigenvalue weighted by molar-refractivity contribution is 6.03. The van der Waals surface area contributed by atoms with Crippen LogP contribution in [0.5, 0.6) is 0 Å². The number of amides is 3. The second-order valence-corrected chi connectivity index (χ2v) is 11.2. The van der Waals surface area contributed by atoms with Crippen LogP contribution in [0, 0.1) is 19.3 Å². The van der Waals surface area contributed by atoms with Crippen LogP contribution in [-0.4, -0.2) is 57.6 Å². The summed E-state index contributed by atoms with van der Waals surface area (Å²) in [4.78, 5) is 44.9. The number of amidine groups is 1. The largest absolute Gasteiger partial charge is 0.363 e. The summed E-state index contributed by atoms with van der Waals surface area (Å²) in [5.74, 6) is 0.118. The van der Waals surface area contributed by atoms with Gasteiger partial charge in [0.15, 0.2) is 0 Å². The second-order valence-electron chi connectivity index (χ2n) is 11.2. The fraction of sp³-hybridized carbons (Fsp3) is 0.273. The van der Waals surface area contributed by atoms with Crippen molar-refractivity contribution in [1.29, 1.82) is 5.41 Å². The number of carbonyl (C=O) groups is 2. The molecular weight excluding hydrogens is 556 g/mol. The van der Waals surface area contributed by atoms with Crippen LogP contribution in [-0.2, 0) is 6.54 Å². The number of aryl methyl sites for hydroxylation is 3. The molecule has 4 N–H and O–H groups in total. The minimum Gasteiger partial charge on any atom is -0.363 e. The number of hydrogen-bond donors (Lipinski definition) is 4. The number of anilines is 2. The van der Waals surface area contributed by atoms with E-state index in [0.29, 0.717) is 34.6 Å². The van der Waals surface area contributed by atoms with Crippen LogP contribution in [0.1, 0.15) is 46.8 Å². The first-order valence-corrected chi connectivity index (χ1v) is 14.5. The van der Waals surface area contributed by atoms with Gasteiger partial charge in [0.25, 0.3) is 11.5 Å². The predicted molar refractivity (Wildman–Crippen MR) is 172 cm³/mol. The van der Waals surface area contributed by atoms with Gasteiger partial charge in [0.1, 0.15) is 11.5 Å². The molecule has 0 radical (unpaired) electrons. The molecule has 0 aliphatic heterocycles. The van der Waals surface area contributed by atoms with Gasteiger partial charge >= 0.3 is 6.03 Å². The van der Waals surface area contributed by atoms with Crippen molar-refractivity contribution in [3.8, 4) is 22.4 Å². The molecule has 2 aromatic carbocycles. The Kier molecular flexibility index (Phi) is 8.57. The molecule has 2 heterocycles. The first kappa shape index (κ1) is 30.1. The molecule has 1 saturated carbocycles. The summed E-state index contributed by atoms with van der Waals surface area (Å²) in [7, 11) is 3.58. The number of rotatable bonds is 8. The molecule has 5 rings (SSSR count). The van der Waals surface area contributed by atoms with Gasteiger partial charge in [-0.2, -0.15) is 5.10 Å². The number of aromatic nitrogens is 3. The Morgan fingerprint density at radius 3 is 2.30 bits per heavy atom. The van der Waals surface area contributed by atoms with Crippen molar-refractivity contribution in [2.45, 2.75) is 46.2 Å². The lowest BCUT2D eigenvalue weighted by atomic mass is 9.96. The minimum absolute atomic E-state index is 0.0876. The third-order valence-electron chi connectivity index (χ3n) is 7.41. The molecule has 1 aliphatic carbocycles. The number of urea groups is 1. The fourth-order valence-corrected chi connectivity index (χ4v) is 4.83. The Morgan fingerprint density at radius 1 is 0.955 bits per heavy atom. The number of hydrogen-bond acceptors (Lipinski definition) is 6. The van der Waals surface area contributed by atoms with Crippen molar-refractivity contribution in [2.24, 2.45) is 0 Å². The Balaban J connectivity index is 1.50. The van der Waals surface area contributed by atoms with E-state index in [-0.39, 0.29) is 23.5 Å². The van der Waals surface area contributed by atoms with Crippen LogP contribution in [0.25, 0.3) is 22.4 Å². The van der Waals surface area contributed by atoms with E-state index in [2.05, 4.69) is 26.0 Å². The number of benzene rings is 2. The fourth-order valence-electron chi connectivity index (χ4n) is 4.83. The second kappa shape index (κ2) is 12.5. The summed E-state index contributed by atoms with van der Waals surface area (Å²) < 4.78 is 1.31. The topological polar surface area (TPSA) is 145 Å². The average molecular weight is 593 g/mol. The molecule has 0 saturated heterocycles. The summed E-state index contributed by atoms with van der Waals surface area (Å²) >= 11 is 0. The van der Waals surface area contributed by atoms with Crippen LogP contribution in [0.3, 0.4) is 0 Å². The minimum atomic E-state index is -0.551. The van der Waals surface area contributed by atoms with Crippen molar-refractivity contribution in [3.05, 3.63) is 93.5 Å². The van der Waals surface area contributed by atoms with Crippen LogP contribution < -0.4 is 21.5 Å². The standard InChI is InChI=1S/C33H36N8O3/c1-6-41-32(43)28(37-33(44)38-29-19(2)17-35-18-20(29)3)16-27(39-41)22-9-7-8-21(12-22)23-13-24(30(34)40(4)5)15-25(14-23)31(42)36-26-10-11-26/h7-9,12-18,26,34H,6,10-11H2,1-5H3,(H,36,42)(H2,35,37,38,44). The summed E-state index contributed by atoms with van der Waals surface area (Å²) in [6.45, 7) is 5.80. The number of carbonyl (C=O) groups excluding carboxylic acids is 2. The average Bonchev–Trinajstić information content (AvgIpc) is 3.83. The van der Waals surface area contributed by atoms with E-state index in [1.807, 2.05) is 57.2 Å². The zero-order valence-corrected chi connectivity index (χ0v) is 25.5. The summed E-state index contributed by atoms with van der Waals surface area (Å²) in [5.41, 5.74) is 5.78. The molecule has 11 nitrogen and oxygen atoms in total. The lowest BCUT2D eigenvalue weighted by molar-refractivity contribution is 0.0951. The zero-order chi connectivity index (χ0) is 31.5. The van der Waals surface area contributed by atoms with E-state index in [4.69, 9.17) is 5.41 Å². The molecule has 0 atom stereocenters. The Hall–Kier alpha value is -5.32. The molecule has 1 aliphatic rings. The highest BCUT2D eigenvalue weighted by atomic mass is 16.2. The third-order valence-corrected chi connectivity index (χ3v) is 7.41. The van der Waals surface area contributed by atoms with Gasteiger partial charge in [0.05, 0.1) is 11.4 Å². The monoisotopic (exact) mass is 592 g/mol. The van der Waals surface area contributed by atoms with E-state index < -0.39 is 11.6 Å². The number of nitrogens with zero attached hydrogens (tertiary/aromatic N) is 4. The van der Waals surface area contributed by atoms with E-state index in [0.717, 1.165) is 35.1 Å². The Bertz CT molecular complexity index is 1800. The third kappa shape index (κ3) is 6.67. The van der Waals surface area contributed by atoms with Gasteiger partial charge in [0.2, 0.25) is 0 Å². The van der Waals surface area contributed by atoms with Crippen molar-refractivity contribution < 1.29 is 9.59 Å². The lowest BCUT2D eigenvalue weighted by Gasteiger charge is -2.17. The van der Waals surface area contributed by atoms with Crippen molar-refractivity contribution in [1.82, 2.24) is 25.0 Å². The maximum absolute atomic E-state index is 13.1. The molecule has 0 bridgehead atoms. The quantitative estimate of drug-likeness (QED) is 0.167. The maximum Gasteiger partial charge on any atom is 0.323 e. The zero-order valence-electron chi connectivity index (χ0n) is 25.5. The molecule has 44 heavy (non-hydrogen) atoms. The molecular formula is C33H36N8O3. The number of nitrogens with one attached hydrogen (secondary N) is 4. The molecule has 2 aromatic heterocycles. The smallest absolute Gasteiger partial charge is 0.323 e. The van der Waals surface area contributed by atoms with E-state index in [1.54, 1.807) is 43.5 Å². The Labute approximate surface area is 255 Å². The maximum atomic E-state index is 13.1. The molecule has 0 unspecified atom stereocenters. The van der Waals surface area contributed by atoms with Gasteiger partial charge in [-0.3, -0.25) is 20.0 Å². The van der Waals surface area contributed by atoms with Crippen molar-refractivity contribution in [2.75, 3.05) is 24.7 Å². The van der Waals surface area contributed by atoms with Crippen LogP contribution in [0.2, 0.25) is 0 Å². The van der Waals surface area contributed by atoms with Gasteiger partial charge in [0, 0.05) is 55.8 Å². The normalized spacial score (nSPS) is 12.4. The molecule has 4 aromatic rings. The molecule has 11 heteroatoms. The summed E-state index contributed by atoms with van der Waals surface area (Å²) in [6.07, 6.45) is 5.27. The predicted octanol–water partition coefficient (Wildman–Crippen LogP) is 5.03.